The maximum atomic E-state index is 14.5. The molecule has 4 aromatic rings. The van der Waals surface area contributed by atoms with Crippen LogP contribution in [0.15, 0.2) is 88.8 Å². The van der Waals surface area contributed by atoms with Crippen LogP contribution in [0.2, 0.25) is 0 Å². The van der Waals surface area contributed by atoms with E-state index < -0.39 is 17.6 Å². The second kappa shape index (κ2) is 10.9. The molecule has 1 aromatic heterocycles. The number of alkyl halides is 3. The van der Waals surface area contributed by atoms with Crippen molar-refractivity contribution in [1.82, 2.24) is 9.55 Å². The van der Waals surface area contributed by atoms with Gasteiger partial charge in [-0.25, -0.2) is 4.98 Å². The zero-order valence-corrected chi connectivity index (χ0v) is 23.0. The van der Waals surface area contributed by atoms with Gasteiger partial charge in [-0.3, -0.25) is 14.2 Å². The Morgan fingerprint density at radius 2 is 1.61 bits per heavy atom. The molecule has 1 fully saturated rings. The molecule has 41 heavy (non-hydrogen) atoms. The number of fused-ring (bicyclic) bond motifs is 4. The molecule has 0 aliphatic heterocycles. The first-order valence-electron chi connectivity index (χ1n) is 13.7. The second-order valence-electron chi connectivity index (χ2n) is 10.6. The lowest BCUT2D eigenvalue weighted by atomic mass is 9.62. The number of hydrogen-bond donors (Lipinski definition) is 1. The van der Waals surface area contributed by atoms with Crippen LogP contribution in [0.25, 0.3) is 16.9 Å². The lowest BCUT2D eigenvalue weighted by molar-refractivity contribution is -0.137. The number of aromatic nitrogens is 2. The normalized spacial score (nSPS) is 15.7. The van der Waals surface area contributed by atoms with Crippen LogP contribution >= 0.6 is 11.8 Å². The van der Waals surface area contributed by atoms with E-state index >= 15 is 0 Å². The molecular weight excluding hydrogens is 547 g/mol. The van der Waals surface area contributed by atoms with Gasteiger partial charge in [-0.1, -0.05) is 85.6 Å². The molecule has 0 saturated heterocycles. The van der Waals surface area contributed by atoms with Crippen LogP contribution in [0.5, 0.6) is 0 Å². The number of halogens is 3. The average molecular weight is 576 g/mol. The Labute approximate surface area is 239 Å². The zero-order valence-electron chi connectivity index (χ0n) is 22.2. The van der Waals surface area contributed by atoms with Gasteiger partial charge in [-0.05, 0) is 49.1 Å². The Morgan fingerprint density at radius 3 is 2.37 bits per heavy atom. The summed E-state index contributed by atoms with van der Waals surface area (Å²) in [4.78, 5) is 32.4. The molecule has 0 unspecified atom stereocenters. The van der Waals surface area contributed by atoms with Crippen molar-refractivity contribution in [2.45, 2.75) is 55.3 Å². The van der Waals surface area contributed by atoms with E-state index in [9.17, 15) is 22.8 Å². The van der Waals surface area contributed by atoms with Crippen LogP contribution in [0.4, 0.5) is 18.9 Å². The molecule has 6 rings (SSSR count). The Morgan fingerprint density at radius 1 is 0.927 bits per heavy atom. The number of carbonyl (C=O) groups is 1. The average Bonchev–Trinajstić information content (AvgIpc) is 2.96. The predicted octanol–water partition coefficient (Wildman–Crippen LogP) is 7.41. The number of rotatable bonds is 5. The third-order valence-electron chi connectivity index (χ3n) is 8.05. The van der Waals surface area contributed by atoms with E-state index in [2.05, 4.69) is 11.4 Å². The molecule has 0 radical (unpaired) electrons. The summed E-state index contributed by atoms with van der Waals surface area (Å²) in [6.07, 6.45) is 1.23. The minimum absolute atomic E-state index is 0.150. The number of anilines is 1. The minimum Gasteiger partial charge on any atom is -0.325 e. The highest BCUT2D eigenvalue weighted by Gasteiger charge is 2.43. The highest BCUT2D eigenvalue weighted by atomic mass is 32.2. The summed E-state index contributed by atoms with van der Waals surface area (Å²) in [7, 11) is 0. The number of para-hydroxylation sites is 2. The van der Waals surface area contributed by atoms with E-state index in [4.69, 9.17) is 4.98 Å². The first-order chi connectivity index (χ1) is 19.8. The molecule has 1 saturated carbocycles. The molecule has 0 atom stereocenters. The number of carbonyl (C=O) groups excluding carboxylic acids is 1. The molecule has 2 aliphatic carbocycles. The van der Waals surface area contributed by atoms with Crippen molar-refractivity contribution in [2.75, 3.05) is 11.1 Å². The van der Waals surface area contributed by atoms with Crippen molar-refractivity contribution in [3.8, 4) is 16.9 Å². The number of amides is 1. The van der Waals surface area contributed by atoms with Gasteiger partial charge >= 0.3 is 6.18 Å². The maximum absolute atomic E-state index is 14.5. The molecule has 1 amide bonds. The Balaban J connectivity index is 1.43. The predicted molar refractivity (Wildman–Crippen MR) is 155 cm³/mol. The highest BCUT2D eigenvalue weighted by molar-refractivity contribution is 7.99. The minimum atomic E-state index is -4.60. The summed E-state index contributed by atoms with van der Waals surface area (Å²) < 4.78 is 41.9. The van der Waals surface area contributed by atoms with Crippen molar-refractivity contribution < 1.29 is 18.0 Å². The van der Waals surface area contributed by atoms with E-state index in [0.29, 0.717) is 16.5 Å². The molecule has 9 heteroatoms. The number of thioether (sulfide) groups is 1. The third-order valence-corrected chi connectivity index (χ3v) is 8.99. The van der Waals surface area contributed by atoms with Crippen LogP contribution < -0.4 is 10.9 Å². The van der Waals surface area contributed by atoms with Gasteiger partial charge in [0.25, 0.3) is 5.56 Å². The monoisotopic (exact) mass is 575 g/mol. The standard InChI is InChI=1S/C32H28F3N3O2S/c33-32(34,35)24-15-7-8-16-25(24)36-26(39)20-41-30-37-28-23-14-6-5-11-21(23)19-31(17-9-2-10-18-31)27(28)29(40)38(30)22-12-3-1-4-13-22/h1,3-8,11-16H,2,9-10,17-20H2,(H,36,39). The molecule has 5 nitrogen and oxygen atoms in total. The molecule has 1 N–H and O–H groups in total. The summed E-state index contributed by atoms with van der Waals surface area (Å²) in [6, 6.07) is 22.1. The van der Waals surface area contributed by atoms with Gasteiger partial charge in [0.15, 0.2) is 5.16 Å². The summed E-state index contributed by atoms with van der Waals surface area (Å²) in [5.41, 5.74) is 2.41. The van der Waals surface area contributed by atoms with Gasteiger partial charge in [0.1, 0.15) is 0 Å². The summed E-state index contributed by atoms with van der Waals surface area (Å²) >= 11 is 1.04. The van der Waals surface area contributed by atoms with Crippen molar-refractivity contribution in [2.24, 2.45) is 0 Å². The van der Waals surface area contributed by atoms with E-state index in [-0.39, 0.29) is 22.4 Å². The molecular formula is C32H28F3N3O2S. The van der Waals surface area contributed by atoms with E-state index in [1.54, 1.807) is 4.57 Å². The Hall–Kier alpha value is -3.85. The van der Waals surface area contributed by atoms with Crippen LogP contribution in [-0.2, 0) is 22.8 Å². The van der Waals surface area contributed by atoms with Gasteiger partial charge in [0.05, 0.1) is 33.9 Å². The molecule has 3 aromatic carbocycles. The first kappa shape index (κ1) is 27.3. The fourth-order valence-corrected chi connectivity index (χ4v) is 7.05. The van der Waals surface area contributed by atoms with Gasteiger partial charge in [0, 0.05) is 11.0 Å². The van der Waals surface area contributed by atoms with E-state index in [0.717, 1.165) is 73.0 Å². The largest absolute Gasteiger partial charge is 0.418 e. The Kier molecular flexibility index (Phi) is 7.23. The lowest BCUT2D eigenvalue weighted by Crippen LogP contribution is -2.43. The van der Waals surface area contributed by atoms with Crippen molar-refractivity contribution in [3.05, 3.63) is 106 Å². The van der Waals surface area contributed by atoms with E-state index in [1.165, 1.54) is 18.2 Å². The molecule has 0 bridgehead atoms. The first-order valence-corrected chi connectivity index (χ1v) is 14.7. The molecule has 1 spiro atoms. The topological polar surface area (TPSA) is 64.0 Å². The fraction of sp³-hybridized carbons (Fsp3) is 0.281. The molecule has 210 valence electrons. The Bertz CT molecular complexity index is 1660. The number of nitrogens with one attached hydrogen (secondary N) is 1. The summed E-state index contributed by atoms with van der Waals surface area (Å²) in [5, 5.41) is 2.71. The van der Waals surface area contributed by atoms with Crippen LogP contribution in [-0.4, -0.2) is 21.2 Å². The van der Waals surface area contributed by atoms with Gasteiger partial charge in [0.2, 0.25) is 5.91 Å². The summed E-state index contributed by atoms with van der Waals surface area (Å²) in [5.74, 6) is -0.848. The number of hydrogen-bond acceptors (Lipinski definition) is 4. The third kappa shape index (κ3) is 5.19. The van der Waals surface area contributed by atoms with Crippen molar-refractivity contribution >= 4 is 23.4 Å². The molecule has 1 heterocycles. The van der Waals surface area contributed by atoms with Crippen LogP contribution in [0, 0.1) is 0 Å². The van der Waals surface area contributed by atoms with Crippen molar-refractivity contribution in [3.63, 3.8) is 0 Å². The number of benzene rings is 3. The smallest absolute Gasteiger partial charge is 0.325 e. The van der Waals surface area contributed by atoms with Gasteiger partial charge in [-0.2, -0.15) is 13.2 Å². The highest BCUT2D eigenvalue weighted by Crippen LogP contribution is 2.49. The summed E-state index contributed by atoms with van der Waals surface area (Å²) in [6.45, 7) is 0. The zero-order chi connectivity index (χ0) is 28.6. The van der Waals surface area contributed by atoms with Gasteiger partial charge < -0.3 is 5.32 Å². The van der Waals surface area contributed by atoms with E-state index in [1.807, 2.05) is 48.5 Å². The quantitative estimate of drug-likeness (QED) is 0.199. The van der Waals surface area contributed by atoms with Crippen LogP contribution in [0.1, 0.15) is 48.8 Å². The lowest BCUT2D eigenvalue weighted by Gasteiger charge is -2.42. The second-order valence-corrected chi connectivity index (χ2v) is 11.6. The number of nitrogens with zero attached hydrogens (tertiary/aromatic N) is 2. The van der Waals surface area contributed by atoms with Crippen molar-refractivity contribution in [1.29, 1.82) is 0 Å². The maximum Gasteiger partial charge on any atom is 0.418 e. The fourth-order valence-electron chi connectivity index (χ4n) is 6.25. The van der Waals surface area contributed by atoms with Gasteiger partial charge in [-0.15, -0.1) is 0 Å². The SMILES string of the molecule is O=C(CSc1nc2c(c(=O)n1-c1ccccc1)C1(CCCCC1)Cc1ccccc1-2)Nc1ccccc1C(F)(F)F. The molecule has 2 aliphatic rings. The van der Waals surface area contributed by atoms with Crippen LogP contribution in [0.3, 0.4) is 0 Å².